The van der Waals surface area contributed by atoms with E-state index in [-0.39, 0.29) is 17.1 Å². The van der Waals surface area contributed by atoms with Crippen LogP contribution in [0.4, 0.5) is 11.4 Å². The zero-order valence-electron chi connectivity index (χ0n) is 11.6. The second-order valence-corrected chi connectivity index (χ2v) is 5.38. The molecule has 0 saturated heterocycles. The van der Waals surface area contributed by atoms with Gasteiger partial charge in [-0.3, -0.25) is 4.79 Å². The highest BCUT2D eigenvalue weighted by Gasteiger charge is 2.17. The average molecular weight is 351 g/mol. The summed E-state index contributed by atoms with van der Waals surface area (Å²) in [6.45, 7) is 1.90. The van der Waals surface area contributed by atoms with Crippen LogP contribution >= 0.6 is 15.9 Å². The third-order valence-electron chi connectivity index (χ3n) is 2.97. The maximum absolute atomic E-state index is 12.3. The molecular weight excluding hydrogens is 336 g/mol. The molecule has 0 aliphatic carbocycles. The maximum atomic E-state index is 12.3. The van der Waals surface area contributed by atoms with Gasteiger partial charge in [-0.2, -0.15) is 0 Å². The zero-order chi connectivity index (χ0) is 15.6. The number of ether oxygens (including phenoxy) is 1. The van der Waals surface area contributed by atoms with E-state index in [1.54, 1.807) is 18.2 Å². The second-order valence-electron chi connectivity index (χ2n) is 4.52. The highest BCUT2D eigenvalue weighted by molar-refractivity contribution is 9.10. The Labute approximate surface area is 130 Å². The SMILES string of the molecule is COc1cccc(C(=O)Nc2c(N)cc(C)cc2Br)c1O. The van der Waals surface area contributed by atoms with E-state index in [9.17, 15) is 9.90 Å². The van der Waals surface area contributed by atoms with Crippen molar-refractivity contribution in [2.75, 3.05) is 18.2 Å². The van der Waals surface area contributed by atoms with Gasteiger partial charge in [0.25, 0.3) is 5.91 Å². The molecule has 0 aromatic heterocycles. The summed E-state index contributed by atoms with van der Waals surface area (Å²) < 4.78 is 5.66. The molecule has 0 saturated carbocycles. The lowest BCUT2D eigenvalue weighted by molar-refractivity contribution is 0.102. The number of nitrogen functional groups attached to an aromatic ring is 1. The molecule has 5 nitrogen and oxygen atoms in total. The highest BCUT2D eigenvalue weighted by atomic mass is 79.9. The Kier molecular flexibility index (Phi) is 4.37. The molecule has 0 fully saturated rings. The Bertz CT molecular complexity index is 678. The lowest BCUT2D eigenvalue weighted by atomic mass is 10.1. The maximum Gasteiger partial charge on any atom is 0.259 e. The van der Waals surface area contributed by atoms with E-state index in [1.165, 1.54) is 13.2 Å². The Morgan fingerprint density at radius 1 is 1.38 bits per heavy atom. The summed E-state index contributed by atoms with van der Waals surface area (Å²) in [4.78, 5) is 12.3. The number of hydrogen-bond donors (Lipinski definition) is 3. The standard InChI is InChI=1S/C15H15BrN2O3/c1-8-6-10(16)13(11(17)7-8)18-15(20)9-4-3-5-12(21-2)14(9)19/h3-7,19H,17H2,1-2H3,(H,18,20). The van der Waals surface area contributed by atoms with E-state index in [1.807, 2.05) is 13.0 Å². The van der Waals surface area contributed by atoms with Gasteiger partial charge in [-0.15, -0.1) is 0 Å². The van der Waals surface area contributed by atoms with Crippen molar-refractivity contribution in [1.29, 1.82) is 0 Å². The zero-order valence-corrected chi connectivity index (χ0v) is 13.2. The van der Waals surface area contributed by atoms with Gasteiger partial charge < -0.3 is 20.9 Å². The molecule has 2 aromatic rings. The summed E-state index contributed by atoms with van der Waals surface area (Å²) in [5.74, 6) is -0.444. The number of hydrogen-bond acceptors (Lipinski definition) is 4. The molecule has 6 heteroatoms. The number of halogens is 1. The molecule has 0 bridgehead atoms. The van der Waals surface area contributed by atoms with E-state index < -0.39 is 5.91 Å². The fourth-order valence-electron chi connectivity index (χ4n) is 1.95. The quantitative estimate of drug-likeness (QED) is 0.741. The summed E-state index contributed by atoms with van der Waals surface area (Å²) in [5, 5.41) is 12.7. The van der Waals surface area contributed by atoms with Crippen molar-refractivity contribution in [3.8, 4) is 11.5 Å². The van der Waals surface area contributed by atoms with Gasteiger partial charge in [0, 0.05) is 4.47 Å². The minimum Gasteiger partial charge on any atom is -0.504 e. The number of phenolic OH excluding ortho intramolecular Hbond substituents is 1. The van der Waals surface area contributed by atoms with Gasteiger partial charge in [0.2, 0.25) is 0 Å². The van der Waals surface area contributed by atoms with Gasteiger partial charge >= 0.3 is 0 Å². The first-order chi connectivity index (χ1) is 9.93. The number of anilines is 2. The summed E-state index contributed by atoms with van der Waals surface area (Å²) in [7, 11) is 1.42. The fourth-order valence-corrected chi connectivity index (χ4v) is 2.64. The van der Waals surface area contributed by atoms with Crippen molar-refractivity contribution in [3.05, 3.63) is 45.9 Å². The monoisotopic (exact) mass is 350 g/mol. The number of nitrogens with one attached hydrogen (secondary N) is 1. The van der Waals surface area contributed by atoms with Crippen LogP contribution in [0.15, 0.2) is 34.8 Å². The molecule has 110 valence electrons. The van der Waals surface area contributed by atoms with Gasteiger partial charge in [0.05, 0.1) is 24.0 Å². The van der Waals surface area contributed by atoms with Gasteiger partial charge in [-0.05, 0) is 52.7 Å². The first-order valence-corrected chi connectivity index (χ1v) is 6.96. The van der Waals surface area contributed by atoms with Gasteiger partial charge in [-0.1, -0.05) is 6.07 Å². The third-order valence-corrected chi connectivity index (χ3v) is 3.59. The van der Waals surface area contributed by atoms with Crippen molar-refractivity contribution in [2.24, 2.45) is 0 Å². The fraction of sp³-hybridized carbons (Fsp3) is 0.133. The van der Waals surface area contributed by atoms with E-state index in [2.05, 4.69) is 21.2 Å². The predicted octanol–water partition coefficient (Wildman–Crippen LogP) is 3.31. The Hall–Kier alpha value is -2.21. The molecule has 0 aliphatic rings. The van der Waals surface area contributed by atoms with Crippen LogP contribution in [0.3, 0.4) is 0 Å². The Balaban J connectivity index is 2.35. The third kappa shape index (κ3) is 3.11. The topological polar surface area (TPSA) is 84.6 Å². The first-order valence-electron chi connectivity index (χ1n) is 6.17. The van der Waals surface area contributed by atoms with E-state index in [4.69, 9.17) is 10.5 Å². The Morgan fingerprint density at radius 3 is 2.71 bits per heavy atom. The van der Waals surface area contributed by atoms with Gasteiger partial charge in [0.1, 0.15) is 0 Å². The van der Waals surface area contributed by atoms with Crippen molar-refractivity contribution >= 4 is 33.2 Å². The number of para-hydroxylation sites is 1. The second kappa shape index (κ2) is 6.05. The average Bonchev–Trinajstić information content (AvgIpc) is 2.42. The van der Waals surface area contributed by atoms with Crippen LogP contribution in [0.5, 0.6) is 11.5 Å². The van der Waals surface area contributed by atoms with Crippen LogP contribution in [0.2, 0.25) is 0 Å². The smallest absolute Gasteiger partial charge is 0.259 e. The van der Waals surface area contributed by atoms with Crippen molar-refractivity contribution < 1.29 is 14.6 Å². The van der Waals surface area contributed by atoms with Crippen LogP contribution in [0.25, 0.3) is 0 Å². The number of nitrogens with two attached hydrogens (primary N) is 1. The number of methoxy groups -OCH3 is 1. The normalized spacial score (nSPS) is 10.2. The van der Waals surface area contributed by atoms with Crippen LogP contribution in [-0.4, -0.2) is 18.1 Å². The number of phenols is 1. The van der Waals surface area contributed by atoms with E-state index in [0.717, 1.165) is 5.56 Å². The summed E-state index contributed by atoms with van der Waals surface area (Å²) in [5.41, 5.74) is 7.90. The Morgan fingerprint density at radius 2 is 2.10 bits per heavy atom. The molecule has 0 aliphatic heterocycles. The lowest BCUT2D eigenvalue weighted by Crippen LogP contribution is -2.14. The van der Waals surface area contributed by atoms with Crippen LogP contribution in [-0.2, 0) is 0 Å². The van der Waals surface area contributed by atoms with Crippen molar-refractivity contribution in [2.45, 2.75) is 6.92 Å². The van der Waals surface area contributed by atoms with E-state index >= 15 is 0 Å². The van der Waals surface area contributed by atoms with Crippen LogP contribution in [0, 0.1) is 6.92 Å². The number of benzene rings is 2. The number of aryl methyl sites for hydroxylation is 1. The molecule has 0 radical (unpaired) electrons. The van der Waals surface area contributed by atoms with Crippen molar-refractivity contribution in [3.63, 3.8) is 0 Å². The molecule has 4 N–H and O–H groups in total. The molecule has 0 unspecified atom stereocenters. The number of amides is 1. The van der Waals surface area contributed by atoms with E-state index in [0.29, 0.717) is 15.8 Å². The van der Waals surface area contributed by atoms with Gasteiger partial charge in [-0.25, -0.2) is 0 Å². The number of carbonyl (C=O) groups is 1. The number of aromatic hydroxyl groups is 1. The molecule has 21 heavy (non-hydrogen) atoms. The largest absolute Gasteiger partial charge is 0.504 e. The summed E-state index contributed by atoms with van der Waals surface area (Å²) >= 11 is 3.36. The molecule has 2 aromatic carbocycles. The highest BCUT2D eigenvalue weighted by Crippen LogP contribution is 2.33. The van der Waals surface area contributed by atoms with Gasteiger partial charge in [0.15, 0.2) is 11.5 Å². The lowest BCUT2D eigenvalue weighted by Gasteiger charge is -2.13. The number of rotatable bonds is 3. The first kappa shape index (κ1) is 15.2. The summed E-state index contributed by atoms with van der Waals surface area (Å²) in [6.07, 6.45) is 0. The molecule has 1 amide bonds. The molecular formula is C15H15BrN2O3. The van der Waals surface area contributed by atoms with Crippen LogP contribution < -0.4 is 15.8 Å². The minimum absolute atomic E-state index is 0.112. The molecule has 0 spiro atoms. The van der Waals surface area contributed by atoms with Crippen molar-refractivity contribution in [1.82, 2.24) is 0 Å². The molecule has 0 atom stereocenters. The molecule has 0 heterocycles. The number of carbonyl (C=O) groups excluding carboxylic acids is 1. The molecule has 2 rings (SSSR count). The minimum atomic E-state index is -0.470. The van der Waals surface area contributed by atoms with Crippen LogP contribution in [0.1, 0.15) is 15.9 Å². The summed E-state index contributed by atoms with van der Waals surface area (Å²) in [6, 6.07) is 8.30. The predicted molar refractivity (Wildman–Crippen MR) is 85.9 cm³/mol.